The Morgan fingerprint density at radius 3 is 2.92 bits per heavy atom. The summed E-state index contributed by atoms with van der Waals surface area (Å²) in [6, 6.07) is 6.87. The molecule has 1 saturated heterocycles. The number of halogens is 1. The second kappa shape index (κ2) is 7.35. The molecule has 1 saturated carbocycles. The van der Waals surface area contributed by atoms with Crippen LogP contribution in [0.4, 0.5) is 0 Å². The van der Waals surface area contributed by atoms with Gasteiger partial charge in [0, 0.05) is 29.7 Å². The zero-order valence-corrected chi connectivity index (χ0v) is 16.3. The number of aromatic nitrogens is 1. The van der Waals surface area contributed by atoms with Crippen molar-refractivity contribution in [2.24, 2.45) is 5.41 Å². The number of nitrogens with one attached hydrogen (secondary N) is 1. The molecule has 1 aromatic carbocycles. The lowest BCUT2D eigenvalue weighted by molar-refractivity contribution is 0.167. The summed E-state index contributed by atoms with van der Waals surface area (Å²) in [5.74, 6) is 1.80. The van der Waals surface area contributed by atoms with Crippen LogP contribution in [0.1, 0.15) is 29.8 Å². The van der Waals surface area contributed by atoms with E-state index in [-0.39, 0.29) is 12.4 Å². The normalized spacial score (nSPS) is 22.4. The molecule has 26 heavy (non-hydrogen) atoms. The molecule has 3 aliphatic rings. The molecule has 1 spiro atoms. The van der Waals surface area contributed by atoms with Crippen LogP contribution in [-0.2, 0) is 13.1 Å². The lowest BCUT2D eigenvalue weighted by atomic mass is 9.93. The molecule has 0 bridgehead atoms. The van der Waals surface area contributed by atoms with E-state index >= 15 is 0 Å². The Hall–Kier alpha value is -1.34. The fourth-order valence-corrected chi connectivity index (χ4v) is 5.06. The molecule has 3 heterocycles. The van der Waals surface area contributed by atoms with Gasteiger partial charge in [0.1, 0.15) is 5.01 Å². The van der Waals surface area contributed by atoms with Crippen LogP contribution in [0, 0.1) is 5.41 Å². The maximum absolute atomic E-state index is 5.73. The van der Waals surface area contributed by atoms with Gasteiger partial charge in [0.25, 0.3) is 0 Å². The smallest absolute Gasteiger partial charge is 0.231 e. The Balaban J connectivity index is 0.00000168. The molecule has 0 radical (unpaired) electrons. The summed E-state index contributed by atoms with van der Waals surface area (Å²) in [5, 5.41) is 6.77. The first-order chi connectivity index (χ1) is 12.3. The molecule has 7 heteroatoms. The molecular weight excluding hydrogens is 370 g/mol. The van der Waals surface area contributed by atoms with E-state index < -0.39 is 0 Å². The van der Waals surface area contributed by atoms with Gasteiger partial charge in [-0.3, -0.25) is 4.90 Å². The minimum absolute atomic E-state index is 0. The SMILES string of the molecule is Cl.c1cc(CN(Cc2nccs2)C2CC23CCNCC3)c2c(c1)OCO2. The zero-order valence-electron chi connectivity index (χ0n) is 14.6. The fraction of sp³-hybridized carbons (Fsp3) is 0.526. The summed E-state index contributed by atoms with van der Waals surface area (Å²) < 4.78 is 11.3. The van der Waals surface area contributed by atoms with Gasteiger partial charge in [-0.2, -0.15) is 0 Å². The third kappa shape index (κ3) is 3.31. The molecule has 2 aliphatic heterocycles. The molecular formula is C19H24ClN3O2S. The van der Waals surface area contributed by atoms with Crippen molar-refractivity contribution in [1.82, 2.24) is 15.2 Å². The minimum atomic E-state index is 0. The van der Waals surface area contributed by atoms with Crippen LogP contribution in [-0.4, -0.2) is 35.8 Å². The van der Waals surface area contributed by atoms with Crippen LogP contribution < -0.4 is 14.8 Å². The van der Waals surface area contributed by atoms with E-state index in [9.17, 15) is 0 Å². The topological polar surface area (TPSA) is 46.6 Å². The number of fused-ring (bicyclic) bond motifs is 1. The highest BCUT2D eigenvalue weighted by Crippen LogP contribution is 2.56. The Morgan fingerprint density at radius 1 is 1.23 bits per heavy atom. The van der Waals surface area contributed by atoms with Crippen molar-refractivity contribution in [1.29, 1.82) is 0 Å². The van der Waals surface area contributed by atoms with Crippen molar-refractivity contribution in [3.8, 4) is 11.5 Å². The molecule has 1 N–H and O–H groups in total. The second-order valence-electron chi connectivity index (χ2n) is 7.31. The molecule has 1 atom stereocenters. The third-order valence-corrected chi connectivity index (χ3v) is 6.62. The second-order valence-corrected chi connectivity index (χ2v) is 8.29. The Morgan fingerprint density at radius 2 is 2.12 bits per heavy atom. The van der Waals surface area contributed by atoms with E-state index in [2.05, 4.69) is 32.7 Å². The molecule has 2 fully saturated rings. The molecule has 1 unspecified atom stereocenters. The first-order valence-corrected chi connectivity index (χ1v) is 9.93. The van der Waals surface area contributed by atoms with Crippen molar-refractivity contribution >= 4 is 23.7 Å². The number of hydrogen-bond acceptors (Lipinski definition) is 6. The van der Waals surface area contributed by atoms with Crippen LogP contribution >= 0.6 is 23.7 Å². The quantitative estimate of drug-likeness (QED) is 0.843. The molecule has 2 aromatic rings. The van der Waals surface area contributed by atoms with Gasteiger partial charge in [-0.1, -0.05) is 12.1 Å². The molecule has 0 amide bonds. The summed E-state index contributed by atoms with van der Waals surface area (Å²) >= 11 is 1.75. The average molecular weight is 394 g/mol. The Labute approximate surface area is 164 Å². The standard InChI is InChI=1S/C19H23N3O2S.ClH/c1-2-14(18-15(3-1)23-13-24-18)11-22(12-17-21-8-9-25-17)16-10-19(16)4-6-20-7-5-19;/h1-3,8-9,16,20H,4-7,10-13H2;1H. The van der Waals surface area contributed by atoms with Gasteiger partial charge < -0.3 is 14.8 Å². The van der Waals surface area contributed by atoms with E-state index in [1.165, 1.54) is 29.8 Å². The summed E-state index contributed by atoms with van der Waals surface area (Å²) in [6.07, 6.45) is 5.80. The molecule has 1 aliphatic carbocycles. The lowest BCUT2D eigenvalue weighted by Gasteiger charge is -2.29. The highest BCUT2D eigenvalue weighted by molar-refractivity contribution is 7.09. The number of benzene rings is 1. The molecule has 1 aromatic heterocycles. The maximum Gasteiger partial charge on any atom is 0.231 e. The summed E-state index contributed by atoms with van der Waals surface area (Å²) in [6.45, 7) is 4.45. The molecule has 5 nitrogen and oxygen atoms in total. The van der Waals surface area contributed by atoms with Gasteiger partial charge in [0.05, 0.1) is 6.54 Å². The molecule has 5 rings (SSSR count). The van der Waals surface area contributed by atoms with Gasteiger partial charge in [-0.05, 0) is 43.8 Å². The average Bonchev–Trinajstić information content (AvgIpc) is 3.03. The van der Waals surface area contributed by atoms with E-state index in [1.807, 2.05) is 12.3 Å². The largest absolute Gasteiger partial charge is 0.454 e. The number of thiazole rings is 1. The fourth-order valence-electron chi connectivity index (χ4n) is 4.42. The summed E-state index contributed by atoms with van der Waals surface area (Å²) in [7, 11) is 0. The van der Waals surface area contributed by atoms with Crippen LogP contribution in [0.5, 0.6) is 11.5 Å². The number of rotatable bonds is 5. The van der Waals surface area contributed by atoms with Crippen molar-refractivity contribution in [3.05, 3.63) is 40.3 Å². The van der Waals surface area contributed by atoms with E-state index in [4.69, 9.17) is 9.47 Å². The number of para-hydroxylation sites is 1. The van der Waals surface area contributed by atoms with Crippen LogP contribution in [0.2, 0.25) is 0 Å². The number of hydrogen-bond donors (Lipinski definition) is 1. The first-order valence-electron chi connectivity index (χ1n) is 9.05. The van der Waals surface area contributed by atoms with Gasteiger partial charge >= 0.3 is 0 Å². The zero-order chi connectivity index (χ0) is 16.7. The molecule has 140 valence electrons. The van der Waals surface area contributed by atoms with E-state index in [1.54, 1.807) is 11.3 Å². The third-order valence-electron chi connectivity index (χ3n) is 5.86. The summed E-state index contributed by atoms with van der Waals surface area (Å²) in [5.41, 5.74) is 1.74. The van der Waals surface area contributed by atoms with Crippen molar-refractivity contribution in [2.75, 3.05) is 19.9 Å². The number of ether oxygens (including phenoxy) is 2. The van der Waals surface area contributed by atoms with Gasteiger partial charge in [0.2, 0.25) is 6.79 Å². The predicted octanol–water partition coefficient (Wildman–Crippen LogP) is 3.44. The van der Waals surface area contributed by atoms with Gasteiger partial charge in [-0.15, -0.1) is 23.7 Å². The van der Waals surface area contributed by atoms with Gasteiger partial charge in [0.15, 0.2) is 11.5 Å². The Bertz CT molecular complexity index is 749. The lowest BCUT2D eigenvalue weighted by Crippen LogP contribution is -2.35. The van der Waals surface area contributed by atoms with E-state index in [0.29, 0.717) is 18.2 Å². The van der Waals surface area contributed by atoms with Gasteiger partial charge in [-0.25, -0.2) is 4.98 Å². The maximum atomic E-state index is 5.73. The van der Waals surface area contributed by atoms with Crippen molar-refractivity contribution in [2.45, 2.75) is 38.4 Å². The van der Waals surface area contributed by atoms with E-state index in [0.717, 1.165) is 37.7 Å². The monoisotopic (exact) mass is 393 g/mol. The Kier molecular flexibility index (Phi) is 5.10. The van der Waals surface area contributed by atoms with Crippen LogP contribution in [0.3, 0.4) is 0 Å². The number of piperidine rings is 1. The van der Waals surface area contributed by atoms with Crippen molar-refractivity contribution < 1.29 is 9.47 Å². The highest BCUT2D eigenvalue weighted by Gasteiger charge is 2.56. The minimum Gasteiger partial charge on any atom is -0.454 e. The van der Waals surface area contributed by atoms with Crippen LogP contribution in [0.15, 0.2) is 29.8 Å². The number of nitrogens with zero attached hydrogens (tertiary/aromatic N) is 2. The van der Waals surface area contributed by atoms with Crippen molar-refractivity contribution in [3.63, 3.8) is 0 Å². The summed E-state index contributed by atoms with van der Waals surface area (Å²) in [4.78, 5) is 7.13. The predicted molar refractivity (Wildman–Crippen MR) is 104 cm³/mol. The first kappa shape index (κ1) is 18.0. The highest BCUT2D eigenvalue weighted by atomic mass is 35.5. The van der Waals surface area contributed by atoms with Crippen LogP contribution in [0.25, 0.3) is 0 Å².